The third-order valence-electron chi connectivity index (χ3n) is 5.53. The van der Waals surface area contributed by atoms with E-state index in [1.54, 1.807) is 0 Å². The minimum Gasteiger partial charge on any atom is -0.388 e. The lowest BCUT2D eigenvalue weighted by Gasteiger charge is -2.35. The van der Waals surface area contributed by atoms with Gasteiger partial charge in [0.05, 0.1) is 22.6 Å². The van der Waals surface area contributed by atoms with Crippen molar-refractivity contribution in [3.63, 3.8) is 0 Å². The summed E-state index contributed by atoms with van der Waals surface area (Å²) in [6.45, 7) is 2.14. The molecule has 1 aromatic rings. The van der Waals surface area contributed by atoms with E-state index in [1.165, 1.54) is 12.8 Å². The van der Waals surface area contributed by atoms with Crippen molar-refractivity contribution in [3.8, 4) is 0 Å². The number of hydrogen-bond acceptors (Lipinski definition) is 2. The standard InChI is InChI=1S/C17H21Cl2NO2/c1-17(11-4-2-3-5-11)8-10-6-9(7-12(20)21)14(18)15(19)13(10)16(17)22/h6,11,16,22H,2-5,7-8H2,1H3,(H2,20,21). The molecule has 0 bridgehead atoms. The number of carbonyl (C=O) groups is 1. The predicted octanol–water partition coefficient (Wildman–Crippen LogP) is 3.81. The van der Waals surface area contributed by atoms with Gasteiger partial charge in [0.2, 0.25) is 5.91 Å². The van der Waals surface area contributed by atoms with Crippen LogP contribution in [-0.2, 0) is 17.6 Å². The Morgan fingerprint density at radius 1 is 1.36 bits per heavy atom. The molecule has 0 heterocycles. The summed E-state index contributed by atoms with van der Waals surface area (Å²) in [5, 5.41) is 11.6. The molecule has 0 aromatic heterocycles. The molecule has 2 atom stereocenters. The largest absolute Gasteiger partial charge is 0.388 e. The summed E-state index contributed by atoms with van der Waals surface area (Å²) >= 11 is 12.7. The van der Waals surface area contributed by atoms with Gasteiger partial charge < -0.3 is 10.8 Å². The first kappa shape index (κ1) is 16.1. The number of rotatable bonds is 3. The first-order valence-corrected chi connectivity index (χ1v) is 8.56. The topological polar surface area (TPSA) is 63.3 Å². The van der Waals surface area contributed by atoms with E-state index < -0.39 is 12.0 Å². The molecule has 5 heteroatoms. The fourth-order valence-corrected chi connectivity index (χ4v) is 4.87. The minimum atomic E-state index is -0.599. The number of benzene rings is 1. The van der Waals surface area contributed by atoms with Crippen LogP contribution < -0.4 is 5.73 Å². The van der Waals surface area contributed by atoms with Crippen LogP contribution in [-0.4, -0.2) is 11.0 Å². The molecule has 0 radical (unpaired) electrons. The van der Waals surface area contributed by atoms with Crippen molar-refractivity contribution in [2.45, 2.75) is 51.6 Å². The maximum atomic E-state index is 11.2. The van der Waals surface area contributed by atoms with Crippen molar-refractivity contribution in [2.75, 3.05) is 0 Å². The smallest absolute Gasteiger partial charge is 0.221 e. The van der Waals surface area contributed by atoms with Crippen molar-refractivity contribution >= 4 is 29.1 Å². The molecule has 2 aliphatic rings. The molecule has 3 rings (SSSR count). The van der Waals surface area contributed by atoms with E-state index in [0.717, 1.165) is 30.4 Å². The van der Waals surface area contributed by atoms with E-state index in [2.05, 4.69) is 6.92 Å². The van der Waals surface area contributed by atoms with Gasteiger partial charge in [0.15, 0.2) is 0 Å². The summed E-state index contributed by atoms with van der Waals surface area (Å²) < 4.78 is 0. The number of hydrogen-bond donors (Lipinski definition) is 2. The molecule has 1 saturated carbocycles. The van der Waals surface area contributed by atoms with Crippen LogP contribution in [0.2, 0.25) is 10.0 Å². The fraction of sp³-hybridized carbons (Fsp3) is 0.588. The zero-order valence-electron chi connectivity index (χ0n) is 12.7. The zero-order valence-corrected chi connectivity index (χ0v) is 14.2. The second-order valence-corrected chi connectivity index (χ2v) is 7.70. The normalized spacial score (nSPS) is 28.1. The molecule has 3 nitrogen and oxygen atoms in total. The first-order valence-electron chi connectivity index (χ1n) is 7.80. The monoisotopic (exact) mass is 341 g/mol. The third-order valence-corrected chi connectivity index (χ3v) is 6.45. The van der Waals surface area contributed by atoms with Crippen LogP contribution in [0, 0.1) is 11.3 Å². The van der Waals surface area contributed by atoms with E-state index in [0.29, 0.717) is 21.5 Å². The van der Waals surface area contributed by atoms with Crippen LogP contribution in [0.1, 0.15) is 55.4 Å². The Bertz CT molecular complexity index is 626. The number of amides is 1. The van der Waals surface area contributed by atoms with Crippen LogP contribution >= 0.6 is 23.2 Å². The van der Waals surface area contributed by atoms with Gasteiger partial charge in [0.1, 0.15) is 0 Å². The molecule has 1 fully saturated rings. The average Bonchev–Trinajstić information content (AvgIpc) is 3.05. The zero-order chi connectivity index (χ0) is 16.1. The number of nitrogens with two attached hydrogens (primary N) is 1. The number of primary amides is 1. The molecule has 0 aliphatic heterocycles. The molecule has 0 saturated heterocycles. The average molecular weight is 342 g/mol. The van der Waals surface area contributed by atoms with Crippen molar-refractivity contribution in [1.82, 2.24) is 0 Å². The molecular weight excluding hydrogens is 321 g/mol. The second kappa shape index (κ2) is 5.70. The molecular formula is C17H21Cl2NO2. The Morgan fingerprint density at radius 2 is 2.00 bits per heavy atom. The molecule has 2 aliphatic carbocycles. The highest BCUT2D eigenvalue weighted by atomic mass is 35.5. The van der Waals surface area contributed by atoms with Crippen LogP contribution in [0.3, 0.4) is 0 Å². The van der Waals surface area contributed by atoms with Crippen molar-refractivity contribution in [1.29, 1.82) is 0 Å². The highest BCUT2D eigenvalue weighted by molar-refractivity contribution is 6.43. The Balaban J connectivity index is 2.03. The van der Waals surface area contributed by atoms with Crippen LogP contribution in [0.15, 0.2) is 6.07 Å². The Kier molecular flexibility index (Phi) is 4.17. The summed E-state index contributed by atoms with van der Waals surface area (Å²) in [4.78, 5) is 11.2. The van der Waals surface area contributed by atoms with Gasteiger partial charge in [-0.15, -0.1) is 0 Å². The van der Waals surface area contributed by atoms with Gasteiger partial charge in [-0.1, -0.05) is 49.0 Å². The van der Waals surface area contributed by atoms with Gasteiger partial charge >= 0.3 is 0 Å². The second-order valence-electron chi connectivity index (χ2n) is 6.95. The third kappa shape index (κ3) is 2.44. The fourth-order valence-electron chi connectivity index (χ4n) is 4.30. The van der Waals surface area contributed by atoms with E-state index in [4.69, 9.17) is 28.9 Å². The van der Waals surface area contributed by atoms with Gasteiger partial charge in [-0.05, 0) is 36.3 Å². The van der Waals surface area contributed by atoms with Gasteiger partial charge in [0.25, 0.3) is 0 Å². The van der Waals surface area contributed by atoms with E-state index in [1.807, 2.05) is 6.07 Å². The summed E-state index contributed by atoms with van der Waals surface area (Å²) in [6, 6.07) is 1.90. The maximum absolute atomic E-state index is 11.2. The molecule has 1 aromatic carbocycles. The minimum absolute atomic E-state index is 0.0715. The molecule has 120 valence electrons. The molecule has 0 spiro atoms. The number of aliphatic hydroxyl groups excluding tert-OH is 1. The van der Waals surface area contributed by atoms with E-state index in [-0.39, 0.29) is 11.8 Å². The molecule has 2 unspecified atom stereocenters. The van der Waals surface area contributed by atoms with Gasteiger partial charge in [0, 0.05) is 11.0 Å². The van der Waals surface area contributed by atoms with Gasteiger partial charge in [-0.3, -0.25) is 4.79 Å². The van der Waals surface area contributed by atoms with Crippen LogP contribution in [0.25, 0.3) is 0 Å². The van der Waals surface area contributed by atoms with Crippen molar-refractivity contribution in [2.24, 2.45) is 17.1 Å². The summed E-state index contributed by atoms with van der Waals surface area (Å²) in [5.74, 6) is 0.0688. The number of halogens is 2. The quantitative estimate of drug-likeness (QED) is 0.877. The Hall–Kier alpha value is -0.770. The van der Waals surface area contributed by atoms with E-state index in [9.17, 15) is 9.90 Å². The number of carbonyl (C=O) groups excluding carboxylic acids is 1. The highest BCUT2D eigenvalue weighted by Gasteiger charge is 2.48. The molecule has 1 amide bonds. The first-order chi connectivity index (χ1) is 10.3. The lowest BCUT2D eigenvalue weighted by atomic mass is 9.72. The SMILES string of the molecule is CC1(C2CCCC2)Cc2cc(CC(N)=O)c(Cl)c(Cl)c2C1O. The summed E-state index contributed by atoms with van der Waals surface area (Å²) in [7, 11) is 0. The summed E-state index contributed by atoms with van der Waals surface area (Å²) in [6.07, 6.45) is 5.01. The van der Waals surface area contributed by atoms with Crippen LogP contribution in [0.4, 0.5) is 0 Å². The summed E-state index contributed by atoms with van der Waals surface area (Å²) in [5.41, 5.74) is 7.49. The Morgan fingerprint density at radius 3 is 2.59 bits per heavy atom. The maximum Gasteiger partial charge on any atom is 0.221 e. The van der Waals surface area contributed by atoms with Gasteiger partial charge in [-0.25, -0.2) is 0 Å². The van der Waals surface area contributed by atoms with Crippen molar-refractivity contribution in [3.05, 3.63) is 32.8 Å². The molecule has 22 heavy (non-hydrogen) atoms. The van der Waals surface area contributed by atoms with E-state index >= 15 is 0 Å². The molecule has 3 N–H and O–H groups in total. The highest BCUT2D eigenvalue weighted by Crippen LogP contribution is 2.57. The number of aliphatic hydroxyl groups is 1. The van der Waals surface area contributed by atoms with Crippen molar-refractivity contribution < 1.29 is 9.90 Å². The van der Waals surface area contributed by atoms with Gasteiger partial charge in [-0.2, -0.15) is 0 Å². The predicted molar refractivity (Wildman–Crippen MR) is 88.1 cm³/mol. The van der Waals surface area contributed by atoms with Crippen LogP contribution in [0.5, 0.6) is 0 Å². The Labute approximate surface area is 140 Å². The number of fused-ring (bicyclic) bond motifs is 1. The lowest BCUT2D eigenvalue weighted by Crippen LogP contribution is -2.30. The lowest BCUT2D eigenvalue weighted by molar-refractivity contribution is -0.117.